The van der Waals surface area contributed by atoms with Crippen molar-refractivity contribution in [3.05, 3.63) is 24.0 Å². The number of nitrogens with one attached hydrogen (secondary N) is 2. The van der Waals surface area contributed by atoms with Crippen molar-refractivity contribution in [3.63, 3.8) is 0 Å². The first-order chi connectivity index (χ1) is 6.79. The van der Waals surface area contributed by atoms with Crippen LogP contribution in [0.5, 0.6) is 0 Å². The molecule has 0 saturated carbocycles. The monoisotopic (exact) mass is 195 g/mol. The minimum Gasteiger partial charge on any atom is -0.365 e. The van der Waals surface area contributed by atoms with E-state index in [1.54, 1.807) is 0 Å². The summed E-state index contributed by atoms with van der Waals surface area (Å²) in [6, 6.07) is 4.48. The van der Waals surface area contributed by atoms with Crippen molar-refractivity contribution < 1.29 is 0 Å². The van der Waals surface area contributed by atoms with Crippen molar-refractivity contribution in [1.29, 1.82) is 0 Å². The molecular formula is C11H21N3. The zero-order valence-corrected chi connectivity index (χ0v) is 8.92. The van der Waals surface area contributed by atoms with Crippen molar-refractivity contribution in [3.8, 4) is 0 Å². The first-order valence-electron chi connectivity index (χ1n) is 5.37. The first kappa shape index (κ1) is 11.3. The molecule has 4 N–H and O–H groups in total. The Bertz CT molecular complexity index is 216. The minimum absolute atomic E-state index is 0.334. The molecule has 3 heteroatoms. The third-order valence-corrected chi connectivity index (χ3v) is 2.25. The standard InChI is InChI=1S/C11H21N3/c1-10(12)4-2-7-13-9-6-11-5-3-8-14-11/h3,5,8,10,13-14H,2,4,6-7,9,12H2,1H3. The lowest BCUT2D eigenvalue weighted by Crippen LogP contribution is -2.21. The Balaban J connectivity index is 1.90. The van der Waals surface area contributed by atoms with E-state index in [-0.39, 0.29) is 0 Å². The maximum absolute atomic E-state index is 5.65. The summed E-state index contributed by atoms with van der Waals surface area (Å²) >= 11 is 0. The maximum Gasteiger partial charge on any atom is 0.0159 e. The summed E-state index contributed by atoms with van der Waals surface area (Å²) in [6.45, 7) is 4.17. The van der Waals surface area contributed by atoms with Crippen LogP contribution in [0.2, 0.25) is 0 Å². The summed E-state index contributed by atoms with van der Waals surface area (Å²) in [5.74, 6) is 0. The second-order valence-corrected chi connectivity index (χ2v) is 3.81. The molecule has 0 aromatic carbocycles. The number of hydrogen-bond donors (Lipinski definition) is 3. The molecule has 0 fully saturated rings. The molecule has 0 radical (unpaired) electrons. The Morgan fingerprint density at radius 1 is 1.50 bits per heavy atom. The van der Waals surface area contributed by atoms with Gasteiger partial charge in [0.25, 0.3) is 0 Å². The summed E-state index contributed by atoms with van der Waals surface area (Å²) in [5, 5.41) is 3.40. The van der Waals surface area contributed by atoms with Gasteiger partial charge in [-0.2, -0.15) is 0 Å². The van der Waals surface area contributed by atoms with E-state index in [0.717, 1.165) is 25.9 Å². The summed E-state index contributed by atoms with van der Waals surface area (Å²) in [6.07, 6.45) is 5.31. The Morgan fingerprint density at radius 3 is 3.00 bits per heavy atom. The second kappa shape index (κ2) is 6.62. The number of nitrogens with two attached hydrogens (primary N) is 1. The second-order valence-electron chi connectivity index (χ2n) is 3.81. The van der Waals surface area contributed by atoms with Crippen LogP contribution in [0.15, 0.2) is 18.3 Å². The van der Waals surface area contributed by atoms with Crippen LogP contribution in [-0.4, -0.2) is 24.1 Å². The van der Waals surface area contributed by atoms with Gasteiger partial charge in [0.15, 0.2) is 0 Å². The SMILES string of the molecule is CC(N)CCCNCCc1ccc[nH]1. The molecule has 0 aliphatic carbocycles. The predicted molar refractivity (Wildman–Crippen MR) is 60.2 cm³/mol. The lowest BCUT2D eigenvalue weighted by atomic mass is 10.2. The number of aromatic amines is 1. The molecule has 1 rings (SSSR count). The van der Waals surface area contributed by atoms with Gasteiger partial charge in [-0.1, -0.05) is 0 Å². The summed E-state index contributed by atoms with van der Waals surface area (Å²) in [4.78, 5) is 3.19. The molecule has 1 aromatic rings. The van der Waals surface area contributed by atoms with Gasteiger partial charge < -0.3 is 16.0 Å². The van der Waals surface area contributed by atoms with E-state index < -0.39 is 0 Å². The lowest BCUT2D eigenvalue weighted by molar-refractivity contribution is 0.574. The minimum atomic E-state index is 0.334. The van der Waals surface area contributed by atoms with Gasteiger partial charge >= 0.3 is 0 Å². The van der Waals surface area contributed by atoms with E-state index in [1.807, 2.05) is 12.3 Å². The summed E-state index contributed by atoms with van der Waals surface area (Å²) in [5.41, 5.74) is 6.95. The van der Waals surface area contributed by atoms with Crippen LogP contribution in [0.1, 0.15) is 25.5 Å². The molecule has 0 aliphatic heterocycles. The Hall–Kier alpha value is -0.800. The van der Waals surface area contributed by atoms with Crippen LogP contribution in [-0.2, 0) is 6.42 Å². The quantitative estimate of drug-likeness (QED) is 0.574. The van der Waals surface area contributed by atoms with Gasteiger partial charge in [-0.25, -0.2) is 0 Å². The smallest absolute Gasteiger partial charge is 0.0159 e. The average Bonchev–Trinajstić information content (AvgIpc) is 2.63. The van der Waals surface area contributed by atoms with Gasteiger partial charge in [0.2, 0.25) is 0 Å². The fourth-order valence-electron chi connectivity index (χ4n) is 1.42. The third kappa shape index (κ3) is 5.04. The molecule has 0 bridgehead atoms. The first-order valence-corrected chi connectivity index (χ1v) is 5.37. The highest BCUT2D eigenvalue weighted by Gasteiger charge is 1.94. The fourth-order valence-corrected chi connectivity index (χ4v) is 1.42. The van der Waals surface area contributed by atoms with Gasteiger partial charge in [0.05, 0.1) is 0 Å². The van der Waals surface area contributed by atoms with Gasteiger partial charge in [0.1, 0.15) is 0 Å². The van der Waals surface area contributed by atoms with Gasteiger partial charge in [-0.15, -0.1) is 0 Å². The fraction of sp³-hybridized carbons (Fsp3) is 0.636. The van der Waals surface area contributed by atoms with Crippen LogP contribution >= 0.6 is 0 Å². The average molecular weight is 195 g/mol. The number of rotatable bonds is 7. The zero-order valence-electron chi connectivity index (χ0n) is 8.92. The van der Waals surface area contributed by atoms with Crippen LogP contribution in [0, 0.1) is 0 Å². The van der Waals surface area contributed by atoms with Crippen molar-refractivity contribution in [2.75, 3.05) is 13.1 Å². The van der Waals surface area contributed by atoms with Gasteiger partial charge in [-0.05, 0) is 44.9 Å². The largest absolute Gasteiger partial charge is 0.365 e. The third-order valence-electron chi connectivity index (χ3n) is 2.25. The zero-order chi connectivity index (χ0) is 10.2. The van der Waals surface area contributed by atoms with E-state index in [0.29, 0.717) is 6.04 Å². The van der Waals surface area contributed by atoms with Crippen molar-refractivity contribution in [2.24, 2.45) is 5.73 Å². The highest BCUT2D eigenvalue weighted by atomic mass is 14.8. The van der Waals surface area contributed by atoms with E-state index in [4.69, 9.17) is 5.73 Å². The maximum atomic E-state index is 5.65. The molecule has 0 spiro atoms. The highest BCUT2D eigenvalue weighted by Crippen LogP contribution is 1.94. The van der Waals surface area contributed by atoms with Gasteiger partial charge in [0, 0.05) is 24.5 Å². The molecule has 1 unspecified atom stereocenters. The highest BCUT2D eigenvalue weighted by molar-refractivity contribution is 5.03. The van der Waals surface area contributed by atoms with E-state index in [1.165, 1.54) is 12.1 Å². The van der Waals surface area contributed by atoms with Crippen LogP contribution in [0.25, 0.3) is 0 Å². The van der Waals surface area contributed by atoms with E-state index in [9.17, 15) is 0 Å². The van der Waals surface area contributed by atoms with Crippen LogP contribution < -0.4 is 11.1 Å². The topological polar surface area (TPSA) is 53.8 Å². The number of H-pyrrole nitrogens is 1. The molecule has 0 amide bonds. The van der Waals surface area contributed by atoms with E-state index >= 15 is 0 Å². The molecule has 0 saturated heterocycles. The predicted octanol–water partition coefficient (Wildman–Crippen LogP) is 1.27. The molecular weight excluding hydrogens is 174 g/mol. The van der Waals surface area contributed by atoms with Crippen LogP contribution in [0.4, 0.5) is 0 Å². The Labute approximate surface area is 86.1 Å². The van der Waals surface area contributed by atoms with E-state index in [2.05, 4.69) is 23.3 Å². The molecule has 3 nitrogen and oxygen atoms in total. The van der Waals surface area contributed by atoms with Crippen molar-refractivity contribution in [1.82, 2.24) is 10.3 Å². The van der Waals surface area contributed by atoms with Crippen LogP contribution in [0.3, 0.4) is 0 Å². The molecule has 14 heavy (non-hydrogen) atoms. The summed E-state index contributed by atoms with van der Waals surface area (Å²) < 4.78 is 0. The number of aromatic nitrogens is 1. The van der Waals surface area contributed by atoms with Gasteiger partial charge in [-0.3, -0.25) is 0 Å². The molecule has 1 aromatic heterocycles. The van der Waals surface area contributed by atoms with Crippen molar-refractivity contribution in [2.45, 2.75) is 32.2 Å². The molecule has 1 heterocycles. The normalized spacial score (nSPS) is 13.0. The number of hydrogen-bond acceptors (Lipinski definition) is 2. The Morgan fingerprint density at radius 2 is 2.36 bits per heavy atom. The Kier molecular flexibility index (Phi) is 5.33. The summed E-state index contributed by atoms with van der Waals surface area (Å²) in [7, 11) is 0. The molecule has 1 atom stereocenters. The van der Waals surface area contributed by atoms with Crippen molar-refractivity contribution >= 4 is 0 Å². The molecule has 80 valence electrons. The lowest BCUT2D eigenvalue weighted by Gasteiger charge is -2.05. The molecule has 0 aliphatic rings.